The minimum atomic E-state index is -1.10. The van der Waals surface area contributed by atoms with Gasteiger partial charge in [0.25, 0.3) is 0 Å². The SMILES string of the molecule is O=C(O)c1ccc(N2CCN(C3CCCCC3)C(=O)C2)nn1. The highest BCUT2D eigenvalue weighted by Gasteiger charge is 2.30. The van der Waals surface area contributed by atoms with Gasteiger partial charge in [-0.3, -0.25) is 4.79 Å². The van der Waals surface area contributed by atoms with Gasteiger partial charge in [-0.05, 0) is 25.0 Å². The average Bonchev–Trinajstić information content (AvgIpc) is 2.55. The topological polar surface area (TPSA) is 86.6 Å². The van der Waals surface area contributed by atoms with Crippen molar-refractivity contribution in [1.29, 1.82) is 0 Å². The number of amides is 1. The molecule has 1 saturated heterocycles. The van der Waals surface area contributed by atoms with Crippen LogP contribution in [0.2, 0.25) is 0 Å². The maximum absolute atomic E-state index is 12.4. The molecule has 118 valence electrons. The number of aromatic carboxylic acids is 1. The van der Waals surface area contributed by atoms with Gasteiger partial charge in [0.15, 0.2) is 11.5 Å². The molecule has 0 aromatic carbocycles. The number of rotatable bonds is 3. The van der Waals surface area contributed by atoms with Crippen molar-refractivity contribution in [2.24, 2.45) is 0 Å². The third kappa shape index (κ3) is 3.03. The summed E-state index contributed by atoms with van der Waals surface area (Å²) in [7, 11) is 0. The highest BCUT2D eigenvalue weighted by molar-refractivity contribution is 5.85. The third-order valence-electron chi connectivity index (χ3n) is 4.47. The van der Waals surface area contributed by atoms with Crippen molar-refractivity contribution in [2.75, 3.05) is 24.5 Å². The first kappa shape index (κ1) is 14.7. The van der Waals surface area contributed by atoms with Gasteiger partial charge < -0.3 is 14.9 Å². The Morgan fingerprint density at radius 1 is 1.14 bits per heavy atom. The molecule has 7 nitrogen and oxygen atoms in total. The van der Waals surface area contributed by atoms with Crippen molar-refractivity contribution >= 4 is 17.7 Å². The van der Waals surface area contributed by atoms with Crippen LogP contribution in [0, 0.1) is 0 Å². The number of piperazine rings is 1. The summed E-state index contributed by atoms with van der Waals surface area (Å²) in [6.07, 6.45) is 5.91. The van der Waals surface area contributed by atoms with Crippen LogP contribution >= 0.6 is 0 Å². The van der Waals surface area contributed by atoms with E-state index in [0.717, 1.165) is 12.8 Å². The van der Waals surface area contributed by atoms with Gasteiger partial charge in [0, 0.05) is 19.1 Å². The van der Waals surface area contributed by atoms with E-state index >= 15 is 0 Å². The van der Waals surface area contributed by atoms with Gasteiger partial charge in [-0.15, -0.1) is 10.2 Å². The Kier molecular flexibility index (Phi) is 4.22. The van der Waals surface area contributed by atoms with Gasteiger partial charge in [-0.25, -0.2) is 4.79 Å². The van der Waals surface area contributed by atoms with E-state index in [1.54, 1.807) is 6.07 Å². The number of aromatic nitrogens is 2. The normalized spacial score (nSPS) is 20.3. The molecule has 0 bridgehead atoms. The molecule has 0 radical (unpaired) electrons. The number of hydrogen-bond acceptors (Lipinski definition) is 5. The second kappa shape index (κ2) is 6.29. The molecule has 2 aliphatic rings. The van der Waals surface area contributed by atoms with E-state index in [4.69, 9.17) is 5.11 Å². The molecule has 0 spiro atoms. The first-order valence-electron chi connectivity index (χ1n) is 7.76. The molecule has 1 saturated carbocycles. The monoisotopic (exact) mass is 304 g/mol. The molecule has 1 aliphatic heterocycles. The Bertz CT molecular complexity index is 554. The maximum Gasteiger partial charge on any atom is 0.356 e. The van der Waals surface area contributed by atoms with Crippen LogP contribution in [0.4, 0.5) is 5.82 Å². The van der Waals surface area contributed by atoms with E-state index in [1.165, 1.54) is 25.3 Å². The van der Waals surface area contributed by atoms with Crippen LogP contribution in [-0.4, -0.2) is 57.8 Å². The Hall–Kier alpha value is -2.18. The lowest BCUT2D eigenvalue weighted by atomic mass is 9.93. The molecular formula is C15H20N4O3. The van der Waals surface area contributed by atoms with E-state index < -0.39 is 5.97 Å². The lowest BCUT2D eigenvalue weighted by molar-refractivity contribution is -0.134. The zero-order valence-electron chi connectivity index (χ0n) is 12.4. The summed E-state index contributed by atoms with van der Waals surface area (Å²) >= 11 is 0. The smallest absolute Gasteiger partial charge is 0.356 e. The second-order valence-corrected chi connectivity index (χ2v) is 5.88. The molecule has 1 aliphatic carbocycles. The zero-order valence-corrected chi connectivity index (χ0v) is 12.4. The van der Waals surface area contributed by atoms with Gasteiger partial charge in [-0.1, -0.05) is 19.3 Å². The zero-order chi connectivity index (χ0) is 15.5. The standard InChI is InChI=1S/C15H20N4O3/c20-14-10-18(13-7-6-12(15(21)22)16-17-13)8-9-19(14)11-4-2-1-3-5-11/h6-7,11H,1-5,8-10H2,(H,21,22). The van der Waals surface area contributed by atoms with Gasteiger partial charge in [0.05, 0.1) is 6.54 Å². The summed E-state index contributed by atoms with van der Waals surface area (Å²) in [6, 6.07) is 3.42. The number of anilines is 1. The minimum Gasteiger partial charge on any atom is -0.476 e. The molecule has 1 N–H and O–H groups in total. The largest absolute Gasteiger partial charge is 0.476 e. The number of hydrogen-bond donors (Lipinski definition) is 1. The Labute approximate surface area is 128 Å². The summed E-state index contributed by atoms with van der Waals surface area (Å²) in [5.41, 5.74) is -0.0871. The fourth-order valence-corrected chi connectivity index (χ4v) is 3.27. The molecule has 1 aromatic heterocycles. The lowest BCUT2D eigenvalue weighted by Crippen LogP contribution is -2.54. The predicted molar refractivity (Wildman–Crippen MR) is 79.8 cm³/mol. The number of carbonyl (C=O) groups excluding carboxylic acids is 1. The number of carboxylic acids is 1. The fraction of sp³-hybridized carbons (Fsp3) is 0.600. The molecule has 1 amide bonds. The molecule has 2 heterocycles. The van der Waals surface area contributed by atoms with Crippen molar-refractivity contribution in [3.8, 4) is 0 Å². The predicted octanol–water partition coefficient (Wildman–Crippen LogP) is 1.16. The molecule has 7 heteroatoms. The highest BCUT2D eigenvalue weighted by Crippen LogP contribution is 2.24. The number of carboxylic acid groups (broad SMARTS) is 1. The Morgan fingerprint density at radius 2 is 1.91 bits per heavy atom. The quantitative estimate of drug-likeness (QED) is 0.901. The van der Waals surface area contributed by atoms with Gasteiger partial charge >= 0.3 is 5.97 Å². The van der Waals surface area contributed by atoms with Crippen LogP contribution in [0.15, 0.2) is 12.1 Å². The molecule has 2 fully saturated rings. The van der Waals surface area contributed by atoms with Crippen molar-refractivity contribution in [1.82, 2.24) is 15.1 Å². The first-order valence-corrected chi connectivity index (χ1v) is 7.76. The highest BCUT2D eigenvalue weighted by atomic mass is 16.4. The summed E-state index contributed by atoms with van der Waals surface area (Å²) in [5.74, 6) is -0.416. The maximum atomic E-state index is 12.4. The molecule has 22 heavy (non-hydrogen) atoms. The van der Waals surface area contributed by atoms with Crippen molar-refractivity contribution in [3.05, 3.63) is 17.8 Å². The van der Waals surface area contributed by atoms with Gasteiger partial charge in [0.2, 0.25) is 5.91 Å². The Balaban J connectivity index is 1.64. The van der Waals surface area contributed by atoms with Crippen LogP contribution in [0.25, 0.3) is 0 Å². The molecule has 1 aromatic rings. The number of nitrogens with zero attached hydrogens (tertiary/aromatic N) is 4. The van der Waals surface area contributed by atoms with E-state index in [9.17, 15) is 9.59 Å². The molecular weight excluding hydrogens is 284 g/mol. The van der Waals surface area contributed by atoms with E-state index in [-0.39, 0.29) is 18.1 Å². The third-order valence-corrected chi connectivity index (χ3v) is 4.47. The van der Waals surface area contributed by atoms with E-state index in [0.29, 0.717) is 24.9 Å². The van der Waals surface area contributed by atoms with E-state index in [1.807, 2.05) is 9.80 Å². The van der Waals surface area contributed by atoms with Gasteiger partial charge in [0.1, 0.15) is 0 Å². The molecule has 3 rings (SSSR count). The van der Waals surface area contributed by atoms with Crippen molar-refractivity contribution < 1.29 is 14.7 Å². The van der Waals surface area contributed by atoms with Crippen LogP contribution in [0.5, 0.6) is 0 Å². The second-order valence-electron chi connectivity index (χ2n) is 5.88. The van der Waals surface area contributed by atoms with Gasteiger partial charge in [-0.2, -0.15) is 0 Å². The fourth-order valence-electron chi connectivity index (χ4n) is 3.27. The summed E-state index contributed by atoms with van der Waals surface area (Å²) in [6.45, 7) is 1.70. The van der Waals surface area contributed by atoms with Crippen molar-refractivity contribution in [2.45, 2.75) is 38.1 Å². The summed E-state index contributed by atoms with van der Waals surface area (Å²) < 4.78 is 0. The van der Waals surface area contributed by atoms with Crippen LogP contribution in [0.3, 0.4) is 0 Å². The molecule has 0 atom stereocenters. The lowest BCUT2D eigenvalue weighted by Gasteiger charge is -2.40. The minimum absolute atomic E-state index is 0.0871. The first-order chi connectivity index (χ1) is 10.6. The van der Waals surface area contributed by atoms with Crippen LogP contribution in [0.1, 0.15) is 42.6 Å². The van der Waals surface area contributed by atoms with Crippen molar-refractivity contribution in [3.63, 3.8) is 0 Å². The van der Waals surface area contributed by atoms with Crippen LogP contribution < -0.4 is 4.90 Å². The Morgan fingerprint density at radius 3 is 2.50 bits per heavy atom. The van der Waals surface area contributed by atoms with Crippen LogP contribution in [-0.2, 0) is 4.79 Å². The number of carbonyl (C=O) groups is 2. The molecule has 0 unspecified atom stereocenters. The van der Waals surface area contributed by atoms with E-state index in [2.05, 4.69) is 10.2 Å². The average molecular weight is 304 g/mol. The summed E-state index contributed by atoms with van der Waals surface area (Å²) in [5, 5.41) is 16.4. The summed E-state index contributed by atoms with van der Waals surface area (Å²) in [4.78, 5) is 27.0.